The Labute approximate surface area is 91.6 Å². The van der Waals surface area contributed by atoms with Crippen LogP contribution in [0.25, 0.3) is 0 Å². The van der Waals surface area contributed by atoms with Crippen molar-refractivity contribution < 1.29 is 4.39 Å². The average Bonchev–Trinajstić information content (AvgIpc) is 2.88. The predicted molar refractivity (Wildman–Crippen MR) is 58.4 cm³/mol. The van der Waals surface area contributed by atoms with E-state index in [9.17, 15) is 4.39 Å². The first-order chi connectivity index (χ1) is 6.53. The van der Waals surface area contributed by atoms with Gasteiger partial charge in [-0.15, -0.1) is 0 Å². The molecule has 0 spiro atoms. The smallest absolute Gasteiger partial charge is 0.128 e. The molecule has 1 aliphatic rings. The average molecular weight is 258 g/mol. The van der Waals surface area contributed by atoms with Crippen molar-refractivity contribution in [1.29, 1.82) is 0 Å². The lowest BCUT2D eigenvalue weighted by Crippen LogP contribution is -2.21. The van der Waals surface area contributed by atoms with Crippen molar-refractivity contribution in [2.45, 2.75) is 25.8 Å². The zero-order valence-corrected chi connectivity index (χ0v) is 9.64. The third kappa shape index (κ3) is 1.71. The minimum Gasteiger partial charge on any atom is -0.323 e. The first kappa shape index (κ1) is 10.1. The molecular weight excluding hydrogens is 245 g/mol. The van der Waals surface area contributed by atoms with Gasteiger partial charge < -0.3 is 5.73 Å². The molecule has 0 saturated heterocycles. The van der Waals surface area contributed by atoms with Gasteiger partial charge in [0.25, 0.3) is 0 Å². The Hall–Kier alpha value is -0.410. The zero-order chi connectivity index (χ0) is 10.3. The van der Waals surface area contributed by atoms with Gasteiger partial charge in [0.1, 0.15) is 5.82 Å². The summed E-state index contributed by atoms with van der Waals surface area (Å²) < 4.78 is 14.4. The molecule has 1 saturated carbocycles. The number of benzene rings is 1. The molecule has 1 aliphatic carbocycles. The van der Waals surface area contributed by atoms with Gasteiger partial charge in [0.15, 0.2) is 0 Å². The van der Waals surface area contributed by atoms with Crippen LogP contribution in [0, 0.1) is 11.2 Å². The molecule has 76 valence electrons. The molecule has 1 atom stereocenters. The molecule has 2 N–H and O–H groups in total. The van der Waals surface area contributed by atoms with E-state index in [0.717, 1.165) is 17.3 Å². The molecule has 14 heavy (non-hydrogen) atoms. The molecule has 0 aromatic heterocycles. The first-order valence-corrected chi connectivity index (χ1v) is 5.53. The second kappa shape index (κ2) is 3.31. The first-order valence-electron chi connectivity index (χ1n) is 4.73. The summed E-state index contributed by atoms with van der Waals surface area (Å²) in [6, 6.07) is 4.76. The van der Waals surface area contributed by atoms with E-state index in [-0.39, 0.29) is 17.3 Å². The summed E-state index contributed by atoms with van der Waals surface area (Å²) in [6.45, 7) is 2.11. The quantitative estimate of drug-likeness (QED) is 0.864. The lowest BCUT2D eigenvalue weighted by Gasteiger charge is -2.19. The van der Waals surface area contributed by atoms with Gasteiger partial charge in [0.05, 0.1) is 0 Å². The van der Waals surface area contributed by atoms with Crippen LogP contribution in [0.15, 0.2) is 22.7 Å². The highest BCUT2D eigenvalue weighted by Gasteiger charge is 2.44. The Balaban J connectivity index is 2.35. The fourth-order valence-electron chi connectivity index (χ4n) is 1.64. The molecule has 1 fully saturated rings. The van der Waals surface area contributed by atoms with Gasteiger partial charge in [-0.05, 0) is 36.5 Å². The van der Waals surface area contributed by atoms with Gasteiger partial charge in [-0.1, -0.05) is 22.9 Å². The molecule has 0 amide bonds. The summed E-state index contributed by atoms with van der Waals surface area (Å²) in [5, 5.41) is 0. The Morgan fingerprint density at radius 3 is 2.71 bits per heavy atom. The maximum Gasteiger partial charge on any atom is 0.128 e. The topological polar surface area (TPSA) is 26.0 Å². The van der Waals surface area contributed by atoms with E-state index in [0.29, 0.717) is 5.56 Å². The maximum absolute atomic E-state index is 13.5. The van der Waals surface area contributed by atoms with E-state index in [2.05, 4.69) is 22.9 Å². The molecule has 0 aliphatic heterocycles. The summed E-state index contributed by atoms with van der Waals surface area (Å²) >= 11 is 3.33. The Bertz CT molecular complexity index is 360. The Morgan fingerprint density at radius 2 is 2.14 bits per heavy atom. The molecule has 0 radical (unpaired) electrons. The number of rotatable bonds is 2. The SMILES string of the molecule is CC1(C(N)c2cc(Br)ccc2F)CC1. The van der Waals surface area contributed by atoms with Crippen molar-refractivity contribution in [3.63, 3.8) is 0 Å². The van der Waals surface area contributed by atoms with E-state index in [1.165, 1.54) is 6.07 Å². The molecule has 1 aromatic rings. The van der Waals surface area contributed by atoms with E-state index in [1.54, 1.807) is 12.1 Å². The normalized spacial score (nSPS) is 20.6. The minimum atomic E-state index is -0.200. The molecule has 3 heteroatoms. The summed E-state index contributed by atoms with van der Waals surface area (Å²) in [5.74, 6) is -0.200. The van der Waals surface area contributed by atoms with Crippen LogP contribution in [0.5, 0.6) is 0 Å². The summed E-state index contributed by atoms with van der Waals surface area (Å²) in [6.07, 6.45) is 2.19. The highest BCUT2D eigenvalue weighted by Crippen LogP contribution is 2.53. The van der Waals surface area contributed by atoms with Crippen molar-refractivity contribution in [1.82, 2.24) is 0 Å². The number of nitrogens with two attached hydrogens (primary N) is 1. The van der Waals surface area contributed by atoms with E-state index >= 15 is 0 Å². The second-order valence-electron chi connectivity index (χ2n) is 4.30. The number of halogens is 2. The molecule has 0 heterocycles. The van der Waals surface area contributed by atoms with Crippen LogP contribution in [0.3, 0.4) is 0 Å². The van der Waals surface area contributed by atoms with Crippen molar-refractivity contribution in [3.05, 3.63) is 34.1 Å². The molecule has 2 rings (SSSR count). The predicted octanol–water partition coefficient (Wildman–Crippen LogP) is 3.39. The van der Waals surface area contributed by atoms with Crippen LogP contribution in [0.1, 0.15) is 31.4 Å². The largest absolute Gasteiger partial charge is 0.323 e. The Morgan fingerprint density at radius 1 is 1.50 bits per heavy atom. The van der Waals surface area contributed by atoms with Gasteiger partial charge in [0, 0.05) is 16.1 Å². The summed E-state index contributed by atoms with van der Waals surface area (Å²) in [4.78, 5) is 0. The van der Waals surface area contributed by atoms with Crippen LogP contribution >= 0.6 is 15.9 Å². The van der Waals surface area contributed by atoms with Crippen LogP contribution in [0.2, 0.25) is 0 Å². The van der Waals surface area contributed by atoms with E-state index in [4.69, 9.17) is 5.73 Å². The molecular formula is C11H13BrFN. The van der Waals surface area contributed by atoms with Gasteiger partial charge in [0.2, 0.25) is 0 Å². The third-order valence-corrected chi connectivity index (χ3v) is 3.58. The molecule has 1 nitrogen and oxygen atoms in total. The van der Waals surface area contributed by atoms with E-state index in [1.807, 2.05) is 0 Å². The standard InChI is InChI=1S/C11H13BrFN/c1-11(4-5-11)10(14)8-6-7(12)2-3-9(8)13/h2-3,6,10H,4-5,14H2,1H3. The summed E-state index contributed by atoms with van der Waals surface area (Å²) in [5.41, 5.74) is 6.78. The third-order valence-electron chi connectivity index (χ3n) is 3.08. The fourth-order valence-corrected chi connectivity index (χ4v) is 2.02. The number of hydrogen-bond donors (Lipinski definition) is 1. The monoisotopic (exact) mass is 257 g/mol. The molecule has 1 aromatic carbocycles. The number of hydrogen-bond acceptors (Lipinski definition) is 1. The zero-order valence-electron chi connectivity index (χ0n) is 8.06. The van der Waals surface area contributed by atoms with Gasteiger partial charge in [-0.2, -0.15) is 0 Å². The summed E-state index contributed by atoms with van der Waals surface area (Å²) in [7, 11) is 0. The molecule has 1 unspecified atom stereocenters. The minimum absolute atomic E-state index is 0.113. The highest BCUT2D eigenvalue weighted by molar-refractivity contribution is 9.10. The highest BCUT2D eigenvalue weighted by atomic mass is 79.9. The maximum atomic E-state index is 13.5. The van der Waals surface area contributed by atoms with E-state index < -0.39 is 0 Å². The second-order valence-corrected chi connectivity index (χ2v) is 5.21. The van der Waals surface area contributed by atoms with Crippen molar-refractivity contribution in [3.8, 4) is 0 Å². The fraction of sp³-hybridized carbons (Fsp3) is 0.455. The van der Waals surface area contributed by atoms with Crippen LogP contribution < -0.4 is 5.73 Å². The van der Waals surface area contributed by atoms with Gasteiger partial charge in [-0.3, -0.25) is 0 Å². The van der Waals surface area contributed by atoms with Crippen molar-refractivity contribution >= 4 is 15.9 Å². The lowest BCUT2D eigenvalue weighted by molar-refractivity contribution is 0.432. The molecule has 0 bridgehead atoms. The van der Waals surface area contributed by atoms with Crippen LogP contribution in [-0.2, 0) is 0 Å². The van der Waals surface area contributed by atoms with Crippen LogP contribution in [0.4, 0.5) is 4.39 Å². The van der Waals surface area contributed by atoms with Crippen molar-refractivity contribution in [2.75, 3.05) is 0 Å². The van der Waals surface area contributed by atoms with Crippen molar-refractivity contribution in [2.24, 2.45) is 11.1 Å². The lowest BCUT2D eigenvalue weighted by atomic mass is 9.92. The Kier molecular flexibility index (Phi) is 2.40. The van der Waals surface area contributed by atoms with Crippen LogP contribution in [-0.4, -0.2) is 0 Å². The van der Waals surface area contributed by atoms with Gasteiger partial charge >= 0.3 is 0 Å². The van der Waals surface area contributed by atoms with Gasteiger partial charge in [-0.25, -0.2) is 4.39 Å².